The van der Waals surface area contributed by atoms with Crippen molar-refractivity contribution in [2.45, 2.75) is 18.9 Å². The fraction of sp³-hybridized carbons (Fsp3) is 0.160. The first kappa shape index (κ1) is 20.3. The minimum Gasteiger partial charge on any atom is -0.464 e. The molecule has 2 atom stereocenters. The number of nitrogens with one attached hydrogen (secondary N) is 2. The molecule has 6 heteroatoms. The Labute approximate surface area is 181 Å². The van der Waals surface area contributed by atoms with E-state index in [0.717, 1.165) is 16.8 Å². The van der Waals surface area contributed by atoms with Crippen molar-refractivity contribution in [2.75, 3.05) is 12.0 Å². The molecule has 0 bridgehead atoms. The molecule has 2 N–H and O–H groups in total. The number of carbonyl (C=O) groups is 1. The van der Waals surface area contributed by atoms with Gasteiger partial charge in [-0.3, -0.25) is 10.9 Å². The Balaban J connectivity index is 1.76. The largest absolute Gasteiger partial charge is 0.464 e. The number of anilines is 1. The number of esters is 1. The molecule has 31 heavy (non-hydrogen) atoms. The number of nitrogens with zero attached hydrogens (tertiary/aromatic N) is 2. The van der Waals surface area contributed by atoms with Gasteiger partial charge in [0.25, 0.3) is 0 Å². The third-order valence-corrected chi connectivity index (χ3v) is 5.01. The summed E-state index contributed by atoms with van der Waals surface area (Å²) in [6.07, 6.45) is 0. The number of hydrazone groups is 2. The first-order chi connectivity index (χ1) is 15.3. The van der Waals surface area contributed by atoms with E-state index in [0.29, 0.717) is 18.0 Å². The zero-order valence-corrected chi connectivity index (χ0v) is 17.2. The molecule has 0 amide bonds. The highest BCUT2D eigenvalue weighted by Gasteiger charge is 2.41. The summed E-state index contributed by atoms with van der Waals surface area (Å²) in [7, 11) is 0. The van der Waals surface area contributed by atoms with Gasteiger partial charge in [0.2, 0.25) is 0 Å². The Morgan fingerprint density at radius 3 is 2.23 bits per heavy atom. The van der Waals surface area contributed by atoms with Crippen molar-refractivity contribution in [1.82, 2.24) is 5.43 Å². The van der Waals surface area contributed by atoms with Crippen molar-refractivity contribution >= 4 is 23.1 Å². The van der Waals surface area contributed by atoms with E-state index in [9.17, 15) is 4.79 Å². The van der Waals surface area contributed by atoms with Crippen LogP contribution < -0.4 is 10.9 Å². The van der Waals surface area contributed by atoms with Crippen LogP contribution in [0.1, 0.15) is 24.0 Å². The maximum absolute atomic E-state index is 12.7. The van der Waals surface area contributed by atoms with Crippen LogP contribution in [0.25, 0.3) is 0 Å². The maximum Gasteiger partial charge on any atom is 0.331 e. The third kappa shape index (κ3) is 4.64. The van der Waals surface area contributed by atoms with E-state index in [2.05, 4.69) is 16.0 Å². The molecule has 1 aliphatic heterocycles. The lowest BCUT2D eigenvalue weighted by molar-refractivity contribution is -0.145. The highest BCUT2D eigenvalue weighted by atomic mass is 16.5. The summed E-state index contributed by atoms with van der Waals surface area (Å²) >= 11 is 0. The van der Waals surface area contributed by atoms with Crippen LogP contribution in [0.2, 0.25) is 0 Å². The van der Waals surface area contributed by atoms with Crippen molar-refractivity contribution in [3.63, 3.8) is 0 Å². The molecule has 3 aromatic rings. The second kappa shape index (κ2) is 9.71. The van der Waals surface area contributed by atoms with Crippen LogP contribution in [-0.2, 0) is 9.53 Å². The molecule has 2 unspecified atom stereocenters. The van der Waals surface area contributed by atoms with Gasteiger partial charge in [0.1, 0.15) is 5.71 Å². The van der Waals surface area contributed by atoms with Gasteiger partial charge in [-0.2, -0.15) is 10.2 Å². The third-order valence-electron chi connectivity index (χ3n) is 5.01. The molecule has 3 aromatic carbocycles. The number of ether oxygens (including phenoxy) is 1. The molecule has 6 nitrogen and oxygen atoms in total. The normalized spacial score (nSPS) is 18.1. The molecule has 0 spiro atoms. The van der Waals surface area contributed by atoms with Crippen LogP contribution in [-0.4, -0.2) is 30.0 Å². The predicted octanol–water partition coefficient (Wildman–Crippen LogP) is 4.18. The Morgan fingerprint density at radius 1 is 0.968 bits per heavy atom. The quantitative estimate of drug-likeness (QED) is 0.347. The molecule has 0 aliphatic carbocycles. The van der Waals surface area contributed by atoms with Gasteiger partial charge < -0.3 is 4.74 Å². The smallest absolute Gasteiger partial charge is 0.331 e. The second-order valence-electron chi connectivity index (χ2n) is 7.05. The van der Waals surface area contributed by atoms with Crippen LogP contribution in [0.3, 0.4) is 0 Å². The van der Waals surface area contributed by atoms with E-state index in [-0.39, 0.29) is 11.9 Å². The minimum absolute atomic E-state index is 0.309. The molecule has 1 heterocycles. The molecular weight excluding hydrogens is 388 g/mol. The summed E-state index contributed by atoms with van der Waals surface area (Å²) in [6, 6.07) is 28.8. The molecule has 0 aromatic heterocycles. The van der Waals surface area contributed by atoms with Gasteiger partial charge in [-0.25, -0.2) is 4.79 Å². The summed E-state index contributed by atoms with van der Waals surface area (Å²) in [6.45, 7) is 2.11. The van der Waals surface area contributed by atoms with Gasteiger partial charge in [-0.1, -0.05) is 78.9 Å². The van der Waals surface area contributed by atoms with Crippen molar-refractivity contribution < 1.29 is 9.53 Å². The van der Waals surface area contributed by atoms with E-state index in [1.165, 1.54) is 0 Å². The highest BCUT2D eigenvalue weighted by Crippen LogP contribution is 2.29. The van der Waals surface area contributed by atoms with E-state index >= 15 is 0 Å². The summed E-state index contributed by atoms with van der Waals surface area (Å²) in [4.78, 5) is 12.7. The molecule has 4 rings (SSSR count). The van der Waals surface area contributed by atoms with Crippen LogP contribution in [0.4, 0.5) is 5.69 Å². The van der Waals surface area contributed by atoms with Crippen LogP contribution in [0, 0.1) is 0 Å². The van der Waals surface area contributed by atoms with Crippen LogP contribution in [0.15, 0.2) is 101 Å². The molecule has 156 valence electrons. The SMILES string of the molecule is CCOC(=O)C1NN=C(/C(=N/Nc2ccccc2)c2ccccc2)C1c1ccccc1. The van der Waals surface area contributed by atoms with Crippen molar-refractivity contribution in [3.8, 4) is 0 Å². The summed E-state index contributed by atoms with van der Waals surface area (Å²) in [5.74, 6) is -0.671. The highest BCUT2D eigenvalue weighted by molar-refractivity contribution is 6.50. The van der Waals surface area contributed by atoms with Crippen molar-refractivity contribution in [2.24, 2.45) is 10.2 Å². The number of carbonyl (C=O) groups excluding carboxylic acids is 1. The lowest BCUT2D eigenvalue weighted by atomic mass is 9.85. The molecule has 0 radical (unpaired) electrons. The van der Waals surface area contributed by atoms with Gasteiger partial charge >= 0.3 is 5.97 Å². The topological polar surface area (TPSA) is 75.1 Å². The van der Waals surface area contributed by atoms with E-state index in [4.69, 9.17) is 9.84 Å². The summed E-state index contributed by atoms with van der Waals surface area (Å²) < 4.78 is 5.31. The van der Waals surface area contributed by atoms with E-state index < -0.39 is 6.04 Å². The molecule has 1 aliphatic rings. The first-order valence-electron chi connectivity index (χ1n) is 10.3. The van der Waals surface area contributed by atoms with Crippen molar-refractivity contribution in [1.29, 1.82) is 0 Å². The molecular formula is C25H24N4O2. The standard InChI is InChI=1S/C25H24N4O2/c1-2-31-25(30)24-21(18-12-6-3-7-13-18)23(28-29-24)22(19-14-8-4-9-15-19)27-26-20-16-10-5-11-17-20/h3-17,21,24,26,29H,2H2,1H3/b27-22+. The predicted molar refractivity (Wildman–Crippen MR) is 123 cm³/mol. The number of benzene rings is 3. The van der Waals surface area contributed by atoms with Gasteiger partial charge in [-0.15, -0.1) is 0 Å². The van der Waals surface area contributed by atoms with Crippen LogP contribution >= 0.6 is 0 Å². The average Bonchev–Trinajstić information content (AvgIpc) is 3.26. The fourth-order valence-corrected chi connectivity index (χ4v) is 3.57. The zero-order chi connectivity index (χ0) is 21.5. The second-order valence-corrected chi connectivity index (χ2v) is 7.05. The Kier molecular flexibility index (Phi) is 6.38. The van der Waals surface area contributed by atoms with Gasteiger partial charge in [0, 0.05) is 5.56 Å². The molecule has 0 saturated carbocycles. The number of para-hydroxylation sites is 1. The summed E-state index contributed by atoms with van der Waals surface area (Å²) in [5, 5.41) is 9.27. The molecule has 0 fully saturated rings. The van der Waals surface area contributed by atoms with Gasteiger partial charge in [-0.05, 0) is 24.6 Å². The summed E-state index contributed by atoms with van der Waals surface area (Å²) in [5.41, 5.74) is 10.2. The number of hydrogen-bond donors (Lipinski definition) is 2. The van der Waals surface area contributed by atoms with E-state index in [1.807, 2.05) is 91.0 Å². The lowest BCUT2D eigenvalue weighted by Crippen LogP contribution is -2.39. The Hall–Kier alpha value is -3.93. The zero-order valence-electron chi connectivity index (χ0n) is 17.2. The first-order valence-corrected chi connectivity index (χ1v) is 10.3. The Bertz CT molecular complexity index is 1070. The van der Waals surface area contributed by atoms with E-state index in [1.54, 1.807) is 6.92 Å². The average molecular weight is 412 g/mol. The minimum atomic E-state index is -0.622. The van der Waals surface area contributed by atoms with Crippen molar-refractivity contribution in [3.05, 3.63) is 102 Å². The number of hydrogen-bond acceptors (Lipinski definition) is 6. The number of rotatable bonds is 7. The maximum atomic E-state index is 12.7. The van der Waals surface area contributed by atoms with Crippen LogP contribution in [0.5, 0.6) is 0 Å². The van der Waals surface area contributed by atoms with Gasteiger partial charge in [0.15, 0.2) is 6.04 Å². The Morgan fingerprint density at radius 2 is 1.58 bits per heavy atom. The monoisotopic (exact) mass is 412 g/mol. The van der Waals surface area contributed by atoms with Gasteiger partial charge in [0.05, 0.1) is 23.9 Å². The molecule has 0 saturated heterocycles. The fourth-order valence-electron chi connectivity index (χ4n) is 3.57. The lowest BCUT2D eigenvalue weighted by Gasteiger charge is -2.20.